The van der Waals surface area contributed by atoms with Crippen LogP contribution in [0.2, 0.25) is 0 Å². The van der Waals surface area contributed by atoms with Crippen molar-refractivity contribution in [3.63, 3.8) is 0 Å². The Hall–Kier alpha value is -2.34. The molecule has 2 aromatic carbocycles. The smallest absolute Gasteiger partial charge is 0.258 e. The number of nitrogens with zero attached hydrogens (tertiary/aromatic N) is 1. The highest BCUT2D eigenvalue weighted by Gasteiger charge is 2.13. The van der Waals surface area contributed by atoms with Crippen molar-refractivity contribution in [2.45, 2.75) is 13.3 Å². The molecule has 0 unspecified atom stereocenters. The zero-order chi connectivity index (χ0) is 15.7. The van der Waals surface area contributed by atoms with Crippen LogP contribution in [0.4, 0.5) is 14.5 Å². The number of halogens is 2. The minimum absolute atomic E-state index is 0.321. The first-order valence-corrected chi connectivity index (χ1v) is 7.54. The Morgan fingerprint density at radius 3 is 2.82 bits per heavy atom. The highest BCUT2D eigenvalue weighted by molar-refractivity contribution is 7.18. The van der Waals surface area contributed by atoms with Crippen LogP contribution in [-0.2, 0) is 6.42 Å². The van der Waals surface area contributed by atoms with Crippen LogP contribution in [0.5, 0.6) is 0 Å². The molecule has 0 saturated heterocycles. The average Bonchev–Trinajstić information content (AvgIpc) is 2.92. The number of amides is 1. The minimum Gasteiger partial charge on any atom is -0.322 e. The summed E-state index contributed by atoms with van der Waals surface area (Å²) in [5, 5.41) is 3.59. The van der Waals surface area contributed by atoms with E-state index in [9.17, 15) is 13.6 Å². The minimum atomic E-state index is -0.758. The highest BCUT2D eigenvalue weighted by atomic mass is 32.1. The summed E-state index contributed by atoms with van der Waals surface area (Å²) in [7, 11) is 0. The molecule has 3 rings (SSSR count). The fourth-order valence-corrected chi connectivity index (χ4v) is 3.02. The zero-order valence-electron chi connectivity index (χ0n) is 11.7. The maximum absolute atomic E-state index is 13.6. The summed E-state index contributed by atoms with van der Waals surface area (Å²) >= 11 is 1.54. The number of anilines is 1. The van der Waals surface area contributed by atoms with E-state index in [4.69, 9.17) is 0 Å². The van der Waals surface area contributed by atoms with Crippen LogP contribution in [0.3, 0.4) is 0 Å². The Morgan fingerprint density at radius 2 is 2.05 bits per heavy atom. The predicted molar refractivity (Wildman–Crippen MR) is 83.3 cm³/mol. The molecule has 0 bridgehead atoms. The number of benzene rings is 2. The van der Waals surface area contributed by atoms with Gasteiger partial charge >= 0.3 is 0 Å². The van der Waals surface area contributed by atoms with E-state index < -0.39 is 17.5 Å². The van der Waals surface area contributed by atoms with Gasteiger partial charge in [-0.15, -0.1) is 11.3 Å². The molecule has 3 aromatic rings. The van der Waals surface area contributed by atoms with Gasteiger partial charge in [-0.2, -0.15) is 0 Å². The Balaban J connectivity index is 1.88. The third-order valence-electron chi connectivity index (χ3n) is 3.17. The van der Waals surface area contributed by atoms with Gasteiger partial charge in [-0.25, -0.2) is 13.8 Å². The average molecular weight is 318 g/mol. The van der Waals surface area contributed by atoms with Gasteiger partial charge in [-0.3, -0.25) is 4.79 Å². The number of rotatable bonds is 3. The number of carbonyl (C=O) groups is 1. The fraction of sp³-hybridized carbons (Fsp3) is 0.125. The standard InChI is InChI=1S/C16H12F2N2OS/c1-2-15-20-13-6-4-10(8-14(13)22-15)19-16(21)11-7-9(17)3-5-12(11)18/h3-8H,2H2,1H3,(H,19,21). The number of thiazole rings is 1. The molecule has 0 spiro atoms. The van der Waals surface area contributed by atoms with Crippen LogP contribution in [0.25, 0.3) is 10.2 Å². The SMILES string of the molecule is CCc1nc2ccc(NC(=O)c3cc(F)ccc3F)cc2s1. The van der Waals surface area contributed by atoms with E-state index in [-0.39, 0.29) is 5.56 Å². The van der Waals surface area contributed by atoms with Gasteiger partial charge in [0, 0.05) is 5.69 Å². The first kappa shape index (κ1) is 14.6. The van der Waals surface area contributed by atoms with Crippen LogP contribution >= 0.6 is 11.3 Å². The second-order valence-electron chi connectivity index (χ2n) is 4.72. The van der Waals surface area contributed by atoms with Gasteiger partial charge in [0.1, 0.15) is 11.6 Å². The maximum Gasteiger partial charge on any atom is 0.258 e. The summed E-state index contributed by atoms with van der Waals surface area (Å²) in [6, 6.07) is 8.05. The van der Waals surface area contributed by atoms with E-state index in [1.807, 2.05) is 6.92 Å². The van der Waals surface area contributed by atoms with E-state index >= 15 is 0 Å². The second kappa shape index (κ2) is 5.81. The van der Waals surface area contributed by atoms with E-state index in [0.29, 0.717) is 5.69 Å². The summed E-state index contributed by atoms with van der Waals surface area (Å²) in [4.78, 5) is 16.5. The number of fused-ring (bicyclic) bond motifs is 1. The lowest BCUT2D eigenvalue weighted by atomic mass is 10.2. The Morgan fingerprint density at radius 1 is 1.23 bits per heavy atom. The van der Waals surface area contributed by atoms with Crippen molar-refractivity contribution in [2.24, 2.45) is 0 Å². The van der Waals surface area contributed by atoms with Gasteiger partial charge in [-0.05, 0) is 42.8 Å². The third-order valence-corrected chi connectivity index (χ3v) is 4.33. The van der Waals surface area contributed by atoms with E-state index in [1.54, 1.807) is 29.5 Å². The van der Waals surface area contributed by atoms with E-state index in [1.165, 1.54) is 0 Å². The molecule has 6 heteroatoms. The summed E-state index contributed by atoms with van der Waals surface area (Å²) in [6.07, 6.45) is 0.843. The monoisotopic (exact) mass is 318 g/mol. The molecule has 0 aliphatic carbocycles. The maximum atomic E-state index is 13.6. The van der Waals surface area contributed by atoms with Gasteiger partial charge in [0.2, 0.25) is 0 Å². The molecule has 1 N–H and O–H groups in total. The first-order chi connectivity index (χ1) is 10.6. The van der Waals surface area contributed by atoms with Crippen LogP contribution < -0.4 is 5.32 Å². The molecular formula is C16H12F2N2OS. The van der Waals surface area contributed by atoms with Crippen molar-refractivity contribution < 1.29 is 13.6 Å². The number of carbonyl (C=O) groups excluding carboxylic acids is 1. The van der Waals surface area contributed by atoms with Crippen molar-refractivity contribution in [1.82, 2.24) is 4.98 Å². The molecular weight excluding hydrogens is 306 g/mol. The van der Waals surface area contributed by atoms with Gasteiger partial charge in [0.15, 0.2) is 0 Å². The van der Waals surface area contributed by atoms with Gasteiger partial charge in [0.25, 0.3) is 5.91 Å². The third kappa shape index (κ3) is 2.82. The normalized spacial score (nSPS) is 10.9. The van der Waals surface area contributed by atoms with Crippen LogP contribution in [0.1, 0.15) is 22.3 Å². The molecule has 0 saturated carbocycles. The number of hydrogen-bond acceptors (Lipinski definition) is 3. The molecule has 112 valence electrons. The van der Waals surface area contributed by atoms with E-state index in [0.717, 1.165) is 39.8 Å². The van der Waals surface area contributed by atoms with E-state index in [2.05, 4.69) is 10.3 Å². The van der Waals surface area contributed by atoms with Crippen LogP contribution in [0.15, 0.2) is 36.4 Å². The van der Waals surface area contributed by atoms with Crippen LogP contribution in [-0.4, -0.2) is 10.9 Å². The summed E-state index contributed by atoms with van der Waals surface area (Å²) in [6.45, 7) is 2.02. The van der Waals surface area contributed by atoms with Crippen molar-refractivity contribution in [3.05, 3.63) is 58.6 Å². The zero-order valence-corrected chi connectivity index (χ0v) is 12.5. The van der Waals surface area contributed by atoms with Crippen molar-refractivity contribution in [1.29, 1.82) is 0 Å². The molecule has 22 heavy (non-hydrogen) atoms. The molecule has 1 heterocycles. The summed E-state index contributed by atoms with van der Waals surface area (Å²) in [5.41, 5.74) is 1.06. The molecule has 1 aromatic heterocycles. The molecule has 0 aliphatic rings. The number of hydrogen-bond donors (Lipinski definition) is 1. The number of aromatic nitrogens is 1. The summed E-state index contributed by atoms with van der Waals surface area (Å²) in [5.74, 6) is -2.10. The Kier molecular flexibility index (Phi) is 3.85. The molecule has 0 atom stereocenters. The van der Waals surface area contributed by atoms with Gasteiger partial charge < -0.3 is 5.32 Å². The first-order valence-electron chi connectivity index (χ1n) is 6.72. The molecule has 0 radical (unpaired) electrons. The predicted octanol–water partition coefficient (Wildman–Crippen LogP) is 4.39. The Bertz CT molecular complexity index is 860. The molecule has 0 fully saturated rings. The lowest BCUT2D eigenvalue weighted by molar-refractivity contribution is 0.102. The second-order valence-corrected chi connectivity index (χ2v) is 5.84. The molecule has 3 nitrogen and oxygen atoms in total. The topological polar surface area (TPSA) is 42.0 Å². The quantitative estimate of drug-likeness (QED) is 0.778. The number of nitrogens with one attached hydrogen (secondary N) is 1. The largest absolute Gasteiger partial charge is 0.322 e. The molecule has 0 aliphatic heterocycles. The lowest BCUT2D eigenvalue weighted by Crippen LogP contribution is -2.14. The van der Waals surface area contributed by atoms with Crippen molar-refractivity contribution in [3.8, 4) is 0 Å². The highest BCUT2D eigenvalue weighted by Crippen LogP contribution is 2.26. The van der Waals surface area contributed by atoms with Gasteiger partial charge in [0.05, 0.1) is 20.8 Å². The van der Waals surface area contributed by atoms with Gasteiger partial charge in [-0.1, -0.05) is 6.92 Å². The molecule has 1 amide bonds. The fourth-order valence-electron chi connectivity index (χ4n) is 2.07. The summed E-state index contributed by atoms with van der Waals surface area (Å²) < 4.78 is 27.7. The lowest BCUT2D eigenvalue weighted by Gasteiger charge is -2.06. The van der Waals surface area contributed by atoms with Crippen LogP contribution in [0, 0.1) is 11.6 Å². The van der Waals surface area contributed by atoms with Crippen molar-refractivity contribution >= 4 is 33.1 Å². The number of aryl methyl sites for hydroxylation is 1. The Labute approximate surface area is 129 Å². The van der Waals surface area contributed by atoms with Crippen molar-refractivity contribution in [2.75, 3.05) is 5.32 Å².